The Bertz CT molecular complexity index is 509. The number of hydrogen-bond acceptors (Lipinski definition) is 3. The number of nitrogens with one attached hydrogen (secondary N) is 1. The Hall–Kier alpha value is -1.39. The number of rotatable bonds is 5. The van der Waals surface area contributed by atoms with Gasteiger partial charge in [-0.2, -0.15) is 0 Å². The predicted molar refractivity (Wildman–Crippen MR) is 91.0 cm³/mol. The summed E-state index contributed by atoms with van der Waals surface area (Å²) in [6, 6.07) is 9.32. The smallest absolute Gasteiger partial charge is 0.249 e. The minimum Gasteiger partial charge on any atom is -0.368 e. The second-order valence-corrected chi connectivity index (χ2v) is 6.85. The first-order valence-corrected chi connectivity index (χ1v) is 8.93. The zero-order valence-electron chi connectivity index (χ0n) is 14.1. The first kappa shape index (κ1) is 16.5. The van der Waals surface area contributed by atoms with E-state index in [2.05, 4.69) is 41.4 Å². The van der Waals surface area contributed by atoms with E-state index in [0.717, 1.165) is 24.9 Å². The first-order valence-electron chi connectivity index (χ1n) is 8.93. The lowest BCUT2D eigenvalue weighted by molar-refractivity contribution is -0.130. The van der Waals surface area contributed by atoms with Crippen LogP contribution in [0.15, 0.2) is 24.3 Å². The fraction of sp³-hybridized carbons (Fsp3) is 0.632. The van der Waals surface area contributed by atoms with Crippen molar-refractivity contribution in [1.82, 2.24) is 10.2 Å². The second-order valence-electron chi connectivity index (χ2n) is 6.85. The fourth-order valence-corrected chi connectivity index (χ4v) is 3.48. The summed E-state index contributed by atoms with van der Waals surface area (Å²) in [4.78, 5) is 14.5. The topological polar surface area (TPSA) is 41.6 Å². The van der Waals surface area contributed by atoms with Gasteiger partial charge in [0.15, 0.2) is 0 Å². The standard InChI is InChI=1S/C19H28N2O2/c1-15-5-2-3-11-21(15)14-17-9-7-16(8-10-17)13-20-19(22)18-6-4-12-23-18/h7-10,15,18H,2-6,11-14H2,1H3,(H,20,22). The third-order valence-corrected chi connectivity index (χ3v) is 5.04. The minimum absolute atomic E-state index is 0.0220. The zero-order valence-corrected chi connectivity index (χ0v) is 14.1. The van der Waals surface area contributed by atoms with Crippen molar-refractivity contribution in [2.24, 2.45) is 0 Å². The summed E-state index contributed by atoms with van der Waals surface area (Å²) in [6.07, 6.45) is 5.59. The molecule has 1 aromatic rings. The number of likely N-dealkylation sites (tertiary alicyclic amines) is 1. The Morgan fingerprint density at radius 3 is 2.65 bits per heavy atom. The SMILES string of the molecule is CC1CCCCN1Cc1ccc(CNC(=O)C2CCCO2)cc1. The van der Waals surface area contributed by atoms with Gasteiger partial charge in [0, 0.05) is 25.7 Å². The number of carbonyl (C=O) groups is 1. The van der Waals surface area contributed by atoms with Gasteiger partial charge in [-0.3, -0.25) is 9.69 Å². The van der Waals surface area contributed by atoms with E-state index in [0.29, 0.717) is 19.2 Å². The van der Waals surface area contributed by atoms with E-state index >= 15 is 0 Å². The summed E-state index contributed by atoms with van der Waals surface area (Å²) in [7, 11) is 0. The average Bonchev–Trinajstić information content (AvgIpc) is 3.11. The molecule has 2 unspecified atom stereocenters. The average molecular weight is 316 g/mol. The molecule has 3 rings (SSSR count). The van der Waals surface area contributed by atoms with Gasteiger partial charge in [-0.15, -0.1) is 0 Å². The number of carbonyl (C=O) groups excluding carboxylic acids is 1. The van der Waals surface area contributed by atoms with Crippen LogP contribution in [0.3, 0.4) is 0 Å². The maximum atomic E-state index is 11.9. The number of ether oxygens (including phenoxy) is 1. The fourth-order valence-electron chi connectivity index (χ4n) is 3.48. The van der Waals surface area contributed by atoms with Crippen molar-refractivity contribution < 1.29 is 9.53 Å². The molecule has 1 amide bonds. The van der Waals surface area contributed by atoms with Crippen molar-refractivity contribution in [3.8, 4) is 0 Å². The van der Waals surface area contributed by atoms with Crippen LogP contribution in [0.1, 0.15) is 50.2 Å². The van der Waals surface area contributed by atoms with Gasteiger partial charge in [-0.1, -0.05) is 30.7 Å². The van der Waals surface area contributed by atoms with Crippen molar-refractivity contribution in [1.29, 1.82) is 0 Å². The first-order chi connectivity index (χ1) is 11.2. The normalized spacial score (nSPS) is 25.4. The highest BCUT2D eigenvalue weighted by Crippen LogP contribution is 2.19. The molecule has 0 aliphatic carbocycles. The predicted octanol–water partition coefficient (Wildman–Crippen LogP) is 2.86. The molecule has 4 nitrogen and oxygen atoms in total. The quantitative estimate of drug-likeness (QED) is 0.908. The summed E-state index contributed by atoms with van der Waals surface area (Å²) < 4.78 is 5.40. The molecule has 0 radical (unpaired) electrons. The van der Waals surface area contributed by atoms with Crippen molar-refractivity contribution in [3.63, 3.8) is 0 Å². The molecule has 1 N–H and O–H groups in total. The van der Waals surface area contributed by atoms with Gasteiger partial charge in [-0.25, -0.2) is 0 Å². The van der Waals surface area contributed by atoms with Crippen LogP contribution >= 0.6 is 0 Å². The highest BCUT2D eigenvalue weighted by molar-refractivity contribution is 5.80. The Kier molecular flexibility index (Phi) is 5.68. The van der Waals surface area contributed by atoms with Crippen LogP contribution in [-0.4, -0.2) is 36.1 Å². The van der Waals surface area contributed by atoms with E-state index in [4.69, 9.17) is 4.74 Å². The number of hydrogen-bond donors (Lipinski definition) is 1. The van der Waals surface area contributed by atoms with Crippen LogP contribution in [0, 0.1) is 0 Å². The second kappa shape index (κ2) is 7.93. The van der Waals surface area contributed by atoms with Gasteiger partial charge >= 0.3 is 0 Å². The van der Waals surface area contributed by atoms with Gasteiger partial charge in [0.1, 0.15) is 6.10 Å². The number of amides is 1. The lowest BCUT2D eigenvalue weighted by atomic mass is 10.0. The van der Waals surface area contributed by atoms with Gasteiger partial charge in [0.05, 0.1) is 0 Å². The lowest BCUT2D eigenvalue weighted by Gasteiger charge is -2.33. The maximum absolute atomic E-state index is 11.9. The summed E-state index contributed by atoms with van der Waals surface area (Å²) >= 11 is 0. The van der Waals surface area contributed by atoms with E-state index in [1.54, 1.807) is 0 Å². The lowest BCUT2D eigenvalue weighted by Crippen LogP contribution is -2.36. The van der Waals surface area contributed by atoms with Crippen LogP contribution in [-0.2, 0) is 22.6 Å². The zero-order chi connectivity index (χ0) is 16.1. The van der Waals surface area contributed by atoms with Crippen LogP contribution in [0.25, 0.3) is 0 Å². The molecule has 0 bridgehead atoms. The minimum atomic E-state index is -0.241. The molecule has 2 aliphatic rings. The van der Waals surface area contributed by atoms with E-state index in [1.165, 1.54) is 31.4 Å². The van der Waals surface area contributed by atoms with Crippen LogP contribution < -0.4 is 5.32 Å². The molecule has 0 spiro atoms. The van der Waals surface area contributed by atoms with Gasteiger partial charge in [-0.05, 0) is 50.3 Å². The van der Waals surface area contributed by atoms with Crippen LogP contribution in [0.5, 0.6) is 0 Å². The van der Waals surface area contributed by atoms with E-state index in [1.807, 2.05) is 0 Å². The summed E-state index contributed by atoms with van der Waals surface area (Å²) in [6.45, 7) is 5.86. The molecule has 2 atom stereocenters. The molecule has 4 heteroatoms. The summed E-state index contributed by atoms with van der Waals surface area (Å²) in [5, 5.41) is 2.97. The molecule has 0 saturated carbocycles. The third kappa shape index (κ3) is 4.55. The summed E-state index contributed by atoms with van der Waals surface area (Å²) in [5.41, 5.74) is 2.50. The summed E-state index contributed by atoms with van der Waals surface area (Å²) in [5.74, 6) is 0.0220. The van der Waals surface area contributed by atoms with E-state index < -0.39 is 0 Å². The molecule has 2 fully saturated rings. The number of benzene rings is 1. The molecule has 2 aliphatic heterocycles. The van der Waals surface area contributed by atoms with E-state index in [-0.39, 0.29) is 12.0 Å². The van der Waals surface area contributed by atoms with Gasteiger partial charge < -0.3 is 10.1 Å². The largest absolute Gasteiger partial charge is 0.368 e. The Morgan fingerprint density at radius 1 is 1.17 bits per heavy atom. The Balaban J connectivity index is 1.47. The van der Waals surface area contributed by atoms with Crippen LogP contribution in [0.4, 0.5) is 0 Å². The highest BCUT2D eigenvalue weighted by Gasteiger charge is 2.23. The molecule has 2 heterocycles. The third-order valence-electron chi connectivity index (χ3n) is 5.04. The maximum Gasteiger partial charge on any atom is 0.249 e. The van der Waals surface area contributed by atoms with Crippen LogP contribution in [0.2, 0.25) is 0 Å². The Labute approximate surface area is 139 Å². The number of nitrogens with zero attached hydrogens (tertiary/aromatic N) is 1. The number of piperidine rings is 1. The van der Waals surface area contributed by atoms with Crippen molar-refractivity contribution in [2.75, 3.05) is 13.2 Å². The van der Waals surface area contributed by atoms with Gasteiger partial charge in [0.25, 0.3) is 0 Å². The van der Waals surface area contributed by atoms with Crippen molar-refractivity contribution in [2.45, 2.75) is 64.3 Å². The molecule has 23 heavy (non-hydrogen) atoms. The monoisotopic (exact) mass is 316 g/mol. The van der Waals surface area contributed by atoms with Crippen molar-refractivity contribution in [3.05, 3.63) is 35.4 Å². The molecule has 2 saturated heterocycles. The van der Waals surface area contributed by atoms with E-state index in [9.17, 15) is 4.79 Å². The Morgan fingerprint density at radius 2 is 1.96 bits per heavy atom. The van der Waals surface area contributed by atoms with Gasteiger partial charge in [0.2, 0.25) is 5.91 Å². The molecular formula is C19H28N2O2. The molecule has 1 aromatic carbocycles. The highest BCUT2D eigenvalue weighted by atomic mass is 16.5. The molecule has 126 valence electrons. The van der Waals surface area contributed by atoms with Crippen molar-refractivity contribution >= 4 is 5.91 Å². The molecular weight excluding hydrogens is 288 g/mol. The molecule has 0 aromatic heterocycles.